The second-order valence-corrected chi connectivity index (χ2v) is 2.59. The molecular weight excluding hydrogens is 150 g/mol. The molecule has 0 atom stereocenters. The quantitative estimate of drug-likeness (QED) is 0.627. The van der Waals surface area contributed by atoms with E-state index in [0.717, 1.165) is 5.69 Å². The highest BCUT2D eigenvalue weighted by Gasteiger charge is 1.94. The second-order valence-electron chi connectivity index (χ2n) is 2.59. The summed E-state index contributed by atoms with van der Waals surface area (Å²) in [5.41, 5.74) is 2.11. The molecule has 2 rings (SSSR count). The fourth-order valence-corrected chi connectivity index (χ4v) is 0.970. The third-order valence-corrected chi connectivity index (χ3v) is 1.62. The van der Waals surface area contributed by atoms with Gasteiger partial charge in [0, 0.05) is 6.07 Å². The van der Waals surface area contributed by atoms with E-state index in [1.807, 2.05) is 25.1 Å². The Kier molecular flexibility index (Phi) is 1.63. The Morgan fingerprint density at radius 1 is 1.42 bits per heavy atom. The molecule has 0 amide bonds. The van der Waals surface area contributed by atoms with Crippen molar-refractivity contribution in [2.45, 2.75) is 6.92 Å². The third kappa shape index (κ3) is 1.21. The lowest BCUT2D eigenvalue weighted by Crippen LogP contribution is -1.93. The van der Waals surface area contributed by atoms with Crippen LogP contribution in [0.3, 0.4) is 0 Å². The van der Waals surface area contributed by atoms with Crippen LogP contribution in [0, 0.1) is 13.0 Å². The van der Waals surface area contributed by atoms with E-state index in [9.17, 15) is 0 Å². The first-order valence-corrected chi connectivity index (χ1v) is 3.69. The van der Waals surface area contributed by atoms with E-state index < -0.39 is 0 Å². The maximum Gasteiger partial charge on any atom is 0.138 e. The Hall–Kier alpha value is -1.64. The predicted octanol–water partition coefficient (Wildman–Crippen LogP) is 1.38. The molecule has 3 nitrogen and oxygen atoms in total. The van der Waals surface area contributed by atoms with Crippen LogP contribution in [0.4, 0.5) is 0 Å². The molecule has 0 aliphatic carbocycles. The summed E-state index contributed by atoms with van der Waals surface area (Å²) in [6.45, 7) is 2.03. The SMILES string of the molecule is Cc1c[c]c(-n2cncn2)cc1. The number of benzene rings is 1. The summed E-state index contributed by atoms with van der Waals surface area (Å²) in [6, 6.07) is 9.01. The van der Waals surface area contributed by atoms with Gasteiger partial charge in [0.05, 0.1) is 5.69 Å². The van der Waals surface area contributed by atoms with Gasteiger partial charge in [-0.2, -0.15) is 5.10 Å². The smallest absolute Gasteiger partial charge is 0.138 e. The summed E-state index contributed by atoms with van der Waals surface area (Å²) >= 11 is 0. The van der Waals surface area contributed by atoms with Gasteiger partial charge in [0.25, 0.3) is 0 Å². The Balaban J connectivity index is 2.43. The molecule has 2 aromatic rings. The van der Waals surface area contributed by atoms with Gasteiger partial charge in [0.15, 0.2) is 0 Å². The van der Waals surface area contributed by atoms with Crippen molar-refractivity contribution < 1.29 is 0 Å². The van der Waals surface area contributed by atoms with Gasteiger partial charge >= 0.3 is 0 Å². The number of nitrogens with zero attached hydrogens (tertiary/aromatic N) is 3. The molecule has 59 valence electrons. The summed E-state index contributed by atoms with van der Waals surface area (Å²) in [7, 11) is 0. The average Bonchev–Trinajstić information content (AvgIpc) is 2.58. The van der Waals surface area contributed by atoms with Gasteiger partial charge in [0.2, 0.25) is 0 Å². The highest BCUT2D eigenvalue weighted by atomic mass is 15.3. The van der Waals surface area contributed by atoms with Crippen LogP contribution in [0.25, 0.3) is 5.69 Å². The number of rotatable bonds is 1. The Morgan fingerprint density at radius 2 is 2.33 bits per heavy atom. The lowest BCUT2D eigenvalue weighted by atomic mass is 10.2. The van der Waals surface area contributed by atoms with Gasteiger partial charge in [0.1, 0.15) is 12.7 Å². The van der Waals surface area contributed by atoms with Crippen molar-refractivity contribution in [1.29, 1.82) is 0 Å². The third-order valence-electron chi connectivity index (χ3n) is 1.62. The molecule has 0 saturated heterocycles. The van der Waals surface area contributed by atoms with E-state index in [-0.39, 0.29) is 0 Å². The summed E-state index contributed by atoms with van der Waals surface area (Å²) in [4.78, 5) is 3.85. The molecular formula is C9H8N3. The Morgan fingerprint density at radius 3 is 2.92 bits per heavy atom. The summed E-state index contributed by atoms with van der Waals surface area (Å²) in [5.74, 6) is 0. The van der Waals surface area contributed by atoms with E-state index in [2.05, 4.69) is 16.1 Å². The van der Waals surface area contributed by atoms with E-state index in [4.69, 9.17) is 0 Å². The van der Waals surface area contributed by atoms with E-state index >= 15 is 0 Å². The lowest BCUT2D eigenvalue weighted by Gasteiger charge is -1.98. The molecule has 1 aromatic heterocycles. The molecule has 12 heavy (non-hydrogen) atoms. The van der Waals surface area contributed by atoms with Gasteiger partial charge in [-0.25, -0.2) is 9.67 Å². The standard InChI is InChI=1S/C9H8N3/c1-8-2-4-9(5-3-8)12-7-10-6-11-12/h2-4,6-7H,1H3. The maximum absolute atomic E-state index is 3.99. The first kappa shape index (κ1) is 7.03. The minimum atomic E-state index is 0.915. The molecule has 1 heterocycles. The van der Waals surface area contributed by atoms with Gasteiger partial charge in [-0.05, 0) is 19.1 Å². The monoisotopic (exact) mass is 158 g/mol. The number of hydrogen-bond acceptors (Lipinski definition) is 2. The maximum atomic E-state index is 3.99. The van der Waals surface area contributed by atoms with Crippen LogP contribution in [0.1, 0.15) is 5.56 Å². The molecule has 0 fully saturated rings. The zero-order valence-electron chi connectivity index (χ0n) is 6.73. The van der Waals surface area contributed by atoms with Crippen molar-refractivity contribution in [3.05, 3.63) is 42.5 Å². The van der Waals surface area contributed by atoms with Crippen molar-refractivity contribution in [2.75, 3.05) is 0 Å². The van der Waals surface area contributed by atoms with Gasteiger partial charge in [-0.15, -0.1) is 0 Å². The fourth-order valence-electron chi connectivity index (χ4n) is 0.970. The first-order valence-electron chi connectivity index (χ1n) is 3.69. The molecule has 3 heteroatoms. The highest BCUT2D eigenvalue weighted by molar-refractivity contribution is 5.31. The van der Waals surface area contributed by atoms with Gasteiger partial charge < -0.3 is 0 Å². The average molecular weight is 158 g/mol. The zero-order valence-corrected chi connectivity index (χ0v) is 6.73. The molecule has 1 aromatic carbocycles. The fraction of sp³-hybridized carbons (Fsp3) is 0.111. The van der Waals surface area contributed by atoms with Crippen molar-refractivity contribution in [3.63, 3.8) is 0 Å². The summed E-state index contributed by atoms with van der Waals surface area (Å²) in [6.07, 6.45) is 3.16. The minimum absolute atomic E-state index is 0.915. The molecule has 0 spiro atoms. The summed E-state index contributed by atoms with van der Waals surface area (Å²) < 4.78 is 1.68. The van der Waals surface area contributed by atoms with Crippen LogP contribution in [-0.2, 0) is 0 Å². The zero-order chi connectivity index (χ0) is 8.39. The van der Waals surface area contributed by atoms with Crippen molar-refractivity contribution in [2.24, 2.45) is 0 Å². The molecule has 0 aliphatic heterocycles. The van der Waals surface area contributed by atoms with E-state index in [1.54, 1.807) is 11.0 Å². The molecule has 0 bridgehead atoms. The van der Waals surface area contributed by atoms with Gasteiger partial charge in [-0.3, -0.25) is 0 Å². The number of aryl methyl sites for hydroxylation is 1. The predicted molar refractivity (Wildman–Crippen MR) is 44.9 cm³/mol. The minimum Gasteiger partial charge on any atom is -0.223 e. The summed E-state index contributed by atoms with van der Waals surface area (Å²) in [5, 5.41) is 3.99. The van der Waals surface area contributed by atoms with Crippen LogP contribution < -0.4 is 0 Å². The van der Waals surface area contributed by atoms with Gasteiger partial charge in [-0.1, -0.05) is 11.6 Å². The van der Waals surface area contributed by atoms with Crippen LogP contribution in [-0.4, -0.2) is 14.8 Å². The molecule has 0 saturated carbocycles. The largest absolute Gasteiger partial charge is 0.223 e. The van der Waals surface area contributed by atoms with Crippen LogP contribution in [0.5, 0.6) is 0 Å². The molecule has 0 N–H and O–H groups in total. The topological polar surface area (TPSA) is 30.7 Å². The molecule has 1 radical (unpaired) electrons. The molecule has 0 aliphatic rings. The first-order chi connectivity index (χ1) is 5.86. The Bertz CT molecular complexity index is 348. The number of hydrogen-bond donors (Lipinski definition) is 0. The number of aromatic nitrogens is 3. The van der Waals surface area contributed by atoms with Crippen molar-refractivity contribution in [1.82, 2.24) is 14.8 Å². The van der Waals surface area contributed by atoms with E-state index in [1.165, 1.54) is 11.9 Å². The van der Waals surface area contributed by atoms with Crippen molar-refractivity contribution in [3.8, 4) is 5.69 Å². The van der Waals surface area contributed by atoms with E-state index in [0.29, 0.717) is 0 Å². The van der Waals surface area contributed by atoms with Crippen LogP contribution in [0.2, 0.25) is 0 Å². The van der Waals surface area contributed by atoms with Crippen LogP contribution >= 0.6 is 0 Å². The molecule has 0 unspecified atom stereocenters. The van der Waals surface area contributed by atoms with Crippen LogP contribution in [0.15, 0.2) is 30.9 Å². The Labute approximate surface area is 70.7 Å². The normalized spacial score (nSPS) is 10.1. The highest BCUT2D eigenvalue weighted by Crippen LogP contribution is 2.05. The lowest BCUT2D eigenvalue weighted by molar-refractivity contribution is 0.877. The second kappa shape index (κ2) is 2.77. The van der Waals surface area contributed by atoms with Crippen molar-refractivity contribution >= 4 is 0 Å².